The van der Waals surface area contributed by atoms with Crippen LogP contribution in [0.3, 0.4) is 0 Å². The van der Waals surface area contributed by atoms with E-state index >= 15 is 0 Å². The van der Waals surface area contributed by atoms with Crippen LogP contribution in [0.4, 0.5) is 4.39 Å². The number of hydrogen-bond acceptors (Lipinski definition) is 5. The van der Waals surface area contributed by atoms with E-state index in [1.807, 2.05) is 25.1 Å². The number of fused-ring (bicyclic) bond motifs is 2. The normalized spacial score (nSPS) is 15.7. The van der Waals surface area contributed by atoms with Crippen molar-refractivity contribution in [2.24, 2.45) is 0 Å². The van der Waals surface area contributed by atoms with Gasteiger partial charge in [-0.3, -0.25) is 14.6 Å². The number of benzene rings is 2. The molecule has 0 unspecified atom stereocenters. The molecule has 2 aliphatic rings. The van der Waals surface area contributed by atoms with E-state index in [-0.39, 0.29) is 35.0 Å². The standard InChI is InChI=1S/C29H23ClFN3O4S/c1-16-9-12-23-21(13-16)25(19-5-2-3-8-24(19)35)28(29(36)33-39(37,38)18-10-11-18)34(23)15-17-14-32-27-20(26(17)30)6-4-7-22(27)31/h2-7,9,12-14,18H,8,10-11,15H2,1H3,(H,33,36). The third-order valence-corrected chi connectivity index (χ3v) is 9.35. The summed E-state index contributed by atoms with van der Waals surface area (Å²) in [7, 11) is -3.88. The van der Waals surface area contributed by atoms with E-state index in [0.29, 0.717) is 45.8 Å². The summed E-state index contributed by atoms with van der Waals surface area (Å²) in [6, 6.07) is 10.1. The zero-order valence-corrected chi connectivity index (χ0v) is 22.4. The lowest BCUT2D eigenvalue weighted by Crippen LogP contribution is -2.35. The molecule has 0 radical (unpaired) electrons. The van der Waals surface area contributed by atoms with E-state index in [2.05, 4.69) is 9.71 Å². The second-order valence-corrected chi connectivity index (χ2v) is 12.2. The maximum Gasteiger partial charge on any atom is 0.282 e. The van der Waals surface area contributed by atoms with Gasteiger partial charge in [0, 0.05) is 45.6 Å². The summed E-state index contributed by atoms with van der Waals surface area (Å²) in [5.41, 5.74) is 2.86. The summed E-state index contributed by atoms with van der Waals surface area (Å²) >= 11 is 6.72. The van der Waals surface area contributed by atoms with Crippen molar-refractivity contribution >= 4 is 60.7 Å². The minimum atomic E-state index is -3.88. The highest BCUT2D eigenvalue weighted by Gasteiger charge is 2.38. The number of carbonyl (C=O) groups is 2. The zero-order valence-electron chi connectivity index (χ0n) is 20.9. The third-order valence-electron chi connectivity index (χ3n) is 7.09. The number of nitrogens with zero attached hydrogens (tertiary/aromatic N) is 2. The third kappa shape index (κ3) is 4.45. The quantitative estimate of drug-likeness (QED) is 0.335. The number of aryl methyl sites for hydroxylation is 1. The largest absolute Gasteiger partial charge is 0.331 e. The Bertz CT molecular complexity index is 1890. The molecule has 1 amide bonds. The van der Waals surface area contributed by atoms with Crippen LogP contribution in [0, 0.1) is 12.7 Å². The molecule has 39 heavy (non-hydrogen) atoms. The van der Waals surface area contributed by atoms with Gasteiger partial charge in [0.2, 0.25) is 10.0 Å². The van der Waals surface area contributed by atoms with E-state index in [1.165, 1.54) is 18.3 Å². The molecule has 0 saturated heterocycles. The average Bonchev–Trinajstić information content (AvgIpc) is 3.71. The summed E-state index contributed by atoms with van der Waals surface area (Å²) in [5, 5.41) is 0.703. The number of allylic oxidation sites excluding steroid dienone is 4. The fourth-order valence-corrected chi connectivity index (χ4v) is 6.56. The van der Waals surface area contributed by atoms with Gasteiger partial charge in [-0.1, -0.05) is 53.6 Å². The molecule has 1 N–H and O–H groups in total. The molecule has 0 atom stereocenters. The van der Waals surface area contributed by atoms with Crippen molar-refractivity contribution in [3.8, 4) is 0 Å². The van der Waals surface area contributed by atoms with E-state index in [0.717, 1.165) is 5.56 Å². The Morgan fingerprint density at radius 3 is 2.74 bits per heavy atom. The lowest BCUT2D eigenvalue weighted by Gasteiger charge is -2.15. The maximum atomic E-state index is 14.3. The summed E-state index contributed by atoms with van der Waals surface area (Å²) in [5.74, 6) is -1.52. The number of amides is 1. The SMILES string of the molecule is Cc1ccc2c(c1)c(C1=CC=CCC1=O)c(C(=O)NS(=O)(=O)C1CC1)n2Cc1cnc2c(F)cccc2c1Cl. The van der Waals surface area contributed by atoms with E-state index < -0.39 is 27.0 Å². The zero-order chi connectivity index (χ0) is 27.5. The van der Waals surface area contributed by atoms with Crippen LogP contribution in [0.25, 0.3) is 27.4 Å². The molecule has 0 spiro atoms. The number of sulfonamides is 1. The molecule has 0 aliphatic heterocycles. The molecule has 10 heteroatoms. The van der Waals surface area contributed by atoms with Crippen molar-refractivity contribution in [2.45, 2.75) is 38.0 Å². The molecule has 4 aromatic rings. The van der Waals surface area contributed by atoms with Crippen LogP contribution >= 0.6 is 11.6 Å². The number of hydrogen-bond donors (Lipinski definition) is 1. The van der Waals surface area contributed by atoms with Crippen molar-refractivity contribution in [1.29, 1.82) is 0 Å². The van der Waals surface area contributed by atoms with Gasteiger partial charge in [0.15, 0.2) is 5.78 Å². The number of para-hydroxylation sites is 1. The fraction of sp³-hybridized carbons (Fsp3) is 0.207. The van der Waals surface area contributed by atoms with E-state index in [4.69, 9.17) is 11.6 Å². The molecule has 2 aromatic heterocycles. The van der Waals surface area contributed by atoms with E-state index in [9.17, 15) is 22.4 Å². The lowest BCUT2D eigenvalue weighted by atomic mass is 9.93. The Morgan fingerprint density at radius 2 is 2.00 bits per heavy atom. The molecular formula is C29H23ClFN3O4S. The topological polar surface area (TPSA) is 98.1 Å². The Hall–Kier alpha value is -3.82. The summed E-state index contributed by atoms with van der Waals surface area (Å²) < 4.78 is 43.8. The highest BCUT2D eigenvalue weighted by atomic mass is 35.5. The number of aromatic nitrogens is 2. The first-order chi connectivity index (χ1) is 18.7. The molecule has 2 aromatic carbocycles. The number of carbonyl (C=O) groups excluding carboxylic acids is 2. The van der Waals surface area contributed by atoms with Gasteiger partial charge in [0.05, 0.1) is 16.8 Å². The fourth-order valence-electron chi connectivity index (χ4n) is 5.02. The highest BCUT2D eigenvalue weighted by molar-refractivity contribution is 7.91. The molecule has 7 nitrogen and oxygen atoms in total. The second-order valence-electron chi connectivity index (χ2n) is 9.88. The van der Waals surface area contributed by atoms with Crippen molar-refractivity contribution in [3.63, 3.8) is 0 Å². The van der Waals surface area contributed by atoms with Crippen molar-refractivity contribution in [2.75, 3.05) is 0 Å². The van der Waals surface area contributed by atoms with Gasteiger partial charge in [-0.2, -0.15) is 0 Å². The minimum absolute atomic E-state index is 0.0292. The molecule has 6 rings (SSSR count). The lowest BCUT2D eigenvalue weighted by molar-refractivity contribution is -0.113. The molecule has 2 heterocycles. The first kappa shape index (κ1) is 25.5. The van der Waals surface area contributed by atoms with Gasteiger partial charge in [-0.25, -0.2) is 17.5 Å². The second kappa shape index (κ2) is 9.43. The minimum Gasteiger partial charge on any atom is -0.331 e. The molecule has 1 saturated carbocycles. The van der Waals surface area contributed by atoms with Crippen LogP contribution in [0.5, 0.6) is 0 Å². The monoisotopic (exact) mass is 563 g/mol. The Morgan fingerprint density at radius 1 is 1.21 bits per heavy atom. The van der Waals surface area contributed by atoms with Gasteiger partial charge >= 0.3 is 0 Å². The molecule has 0 bridgehead atoms. The number of ketones is 1. The van der Waals surface area contributed by atoms with Crippen LogP contribution in [-0.2, 0) is 21.4 Å². The van der Waals surface area contributed by atoms with Gasteiger partial charge in [0.1, 0.15) is 17.0 Å². The summed E-state index contributed by atoms with van der Waals surface area (Å²) in [6.07, 6.45) is 7.71. The van der Waals surface area contributed by atoms with Crippen molar-refractivity contribution in [3.05, 3.63) is 94.0 Å². The Labute approximate surface area is 229 Å². The Balaban J connectivity index is 1.60. The number of rotatable bonds is 6. The molecule has 1 fully saturated rings. The first-order valence-electron chi connectivity index (χ1n) is 12.5. The first-order valence-corrected chi connectivity index (χ1v) is 14.4. The molecular weight excluding hydrogens is 541 g/mol. The van der Waals surface area contributed by atoms with Crippen molar-refractivity contribution < 1.29 is 22.4 Å². The van der Waals surface area contributed by atoms with Gasteiger partial charge < -0.3 is 4.57 Å². The predicted molar refractivity (Wildman–Crippen MR) is 149 cm³/mol. The number of Topliss-reactive ketones (excluding diaryl/α,β-unsaturated/α-hetero) is 1. The van der Waals surface area contributed by atoms with Crippen LogP contribution in [0.2, 0.25) is 5.02 Å². The highest BCUT2D eigenvalue weighted by Crippen LogP contribution is 2.37. The smallest absolute Gasteiger partial charge is 0.282 e. The van der Waals surface area contributed by atoms with Gasteiger partial charge in [-0.05, 0) is 38.0 Å². The number of nitrogens with one attached hydrogen (secondary N) is 1. The van der Waals surface area contributed by atoms with Crippen LogP contribution in [-0.4, -0.2) is 34.9 Å². The summed E-state index contributed by atoms with van der Waals surface area (Å²) in [4.78, 5) is 31.1. The van der Waals surface area contributed by atoms with Crippen LogP contribution < -0.4 is 4.72 Å². The maximum absolute atomic E-state index is 14.3. The Kier molecular flexibility index (Phi) is 6.15. The number of halogens is 2. The van der Waals surface area contributed by atoms with Gasteiger partial charge in [-0.15, -0.1) is 0 Å². The average molecular weight is 564 g/mol. The van der Waals surface area contributed by atoms with Crippen molar-refractivity contribution in [1.82, 2.24) is 14.3 Å². The van der Waals surface area contributed by atoms with Gasteiger partial charge in [0.25, 0.3) is 5.91 Å². The molecule has 2 aliphatic carbocycles. The predicted octanol–water partition coefficient (Wildman–Crippen LogP) is 5.47. The van der Waals surface area contributed by atoms with E-state index in [1.54, 1.807) is 28.9 Å². The summed E-state index contributed by atoms with van der Waals surface area (Å²) in [6.45, 7) is 1.93. The van der Waals surface area contributed by atoms with Crippen LogP contribution in [0.1, 0.15) is 46.4 Å². The molecule has 198 valence electrons. The number of pyridine rings is 1. The van der Waals surface area contributed by atoms with Crippen LogP contribution in [0.15, 0.2) is 60.8 Å².